The van der Waals surface area contributed by atoms with Crippen LogP contribution in [0.3, 0.4) is 0 Å². The lowest BCUT2D eigenvalue weighted by Crippen LogP contribution is -2.38. The fourth-order valence-electron chi connectivity index (χ4n) is 4.12. The molecule has 4 nitrogen and oxygen atoms in total. The van der Waals surface area contributed by atoms with E-state index in [1.54, 1.807) is 0 Å². The van der Waals surface area contributed by atoms with Crippen LogP contribution in [-0.4, -0.2) is 23.5 Å². The van der Waals surface area contributed by atoms with E-state index in [-0.39, 0.29) is 23.8 Å². The van der Waals surface area contributed by atoms with Gasteiger partial charge in [0.25, 0.3) is 0 Å². The molecule has 20 heavy (non-hydrogen) atoms. The number of rotatable bonds is 0. The van der Waals surface area contributed by atoms with Crippen molar-refractivity contribution in [3.8, 4) is 0 Å². The molecule has 0 unspecified atom stereocenters. The monoisotopic (exact) mass is 271 g/mol. The van der Waals surface area contributed by atoms with Crippen molar-refractivity contribution in [2.24, 2.45) is 0 Å². The van der Waals surface area contributed by atoms with Crippen molar-refractivity contribution in [2.75, 3.05) is 4.90 Å². The molecule has 104 valence electrons. The molecule has 1 aromatic rings. The molecule has 2 saturated heterocycles. The third-order valence-electron chi connectivity index (χ3n) is 4.99. The number of hydrogen-bond donors (Lipinski definition) is 0. The molecule has 0 spiro atoms. The Morgan fingerprint density at radius 2 is 2.10 bits per heavy atom. The Hall–Kier alpha value is -1.84. The van der Waals surface area contributed by atoms with E-state index >= 15 is 0 Å². The van der Waals surface area contributed by atoms with Crippen molar-refractivity contribution < 1.29 is 14.3 Å². The van der Waals surface area contributed by atoms with E-state index in [9.17, 15) is 9.59 Å². The third kappa shape index (κ3) is 1.48. The second kappa shape index (κ2) is 3.84. The molecule has 2 fully saturated rings. The van der Waals surface area contributed by atoms with Crippen LogP contribution < -0.4 is 4.90 Å². The Morgan fingerprint density at radius 1 is 1.30 bits per heavy atom. The van der Waals surface area contributed by atoms with E-state index in [2.05, 4.69) is 0 Å². The number of amides is 1. The van der Waals surface area contributed by atoms with Crippen molar-refractivity contribution in [3.63, 3.8) is 0 Å². The number of carbonyl (C=O) groups excluding carboxylic acids is 2. The second-order valence-corrected chi connectivity index (χ2v) is 6.26. The van der Waals surface area contributed by atoms with Gasteiger partial charge in [-0.1, -0.05) is 18.2 Å². The topological polar surface area (TPSA) is 46.6 Å². The summed E-state index contributed by atoms with van der Waals surface area (Å²) in [6.45, 7) is 2.02. The number of anilines is 1. The van der Waals surface area contributed by atoms with Gasteiger partial charge in [-0.05, 0) is 25.0 Å². The smallest absolute Gasteiger partial charge is 0.307 e. The molecule has 3 aliphatic heterocycles. The summed E-state index contributed by atoms with van der Waals surface area (Å²) in [5.74, 6) is 0.132. The molecule has 4 rings (SSSR count). The van der Waals surface area contributed by atoms with Gasteiger partial charge in [0.15, 0.2) is 0 Å². The van der Waals surface area contributed by atoms with Gasteiger partial charge in [-0.25, -0.2) is 0 Å². The summed E-state index contributed by atoms with van der Waals surface area (Å²) in [5.41, 5.74) is 1.59. The summed E-state index contributed by atoms with van der Waals surface area (Å²) < 4.78 is 5.66. The average molecular weight is 271 g/mol. The lowest BCUT2D eigenvalue weighted by Gasteiger charge is -2.30. The van der Waals surface area contributed by atoms with Crippen LogP contribution in [0.2, 0.25) is 0 Å². The van der Waals surface area contributed by atoms with Crippen molar-refractivity contribution >= 4 is 17.6 Å². The van der Waals surface area contributed by atoms with Crippen molar-refractivity contribution in [3.05, 3.63) is 29.8 Å². The maximum Gasteiger partial charge on any atom is 0.307 e. The minimum Gasteiger partial charge on any atom is -0.459 e. The third-order valence-corrected chi connectivity index (χ3v) is 4.99. The first-order valence-corrected chi connectivity index (χ1v) is 7.21. The molecule has 3 heterocycles. The summed E-state index contributed by atoms with van der Waals surface area (Å²) in [4.78, 5) is 26.0. The highest BCUT2D eigenvalue weighted by molar-refractivity contribution is 5.97. The first-order chi connectivity index (χ1) is 9.58. The minimum atomic E-state index is -0.475. The molecular weight excluding hydrogens is 254 g/mol. The molecule has 0 N–H and O–H groups in total. The molecule has 0 saturated carbocycles. The van der Waals surface area contributed by atoms with Gasteiger partial charge in [-0.3, -0.25) is 9.59 Å². The average Bonchev–Trinajstić information content (AvgIpc) is 2.87. The van der Waals surface area contributed by atoms with E-state index in [1.807, 2.05) is 36.1 Å². The zero-order valence-electron chi connectivity index (χ0n) is 11.5. The molecular formula is C16H17NO3. The fourth-order valence-corrected chi connectivity index (χ4v) is 4.12. The number of benzene rings is 1. The first-order valence-electron chi connectivity index (χ1n) is 7.21. The molecule has 0 aliphatic carbocycles. The molecule has 1 aromatic carbocycles. The maximum absolute atomic E-state index is 12.2. The van der Waals surface area contributed by atoms with E-state index in [1.165, 1.54) is 0 Å². The van der Waals surface area contributed by atoms with Crippen LogP contribution in [0.4, 0.5) is 5.69 Å². The van der Waals surface area contributed by atoms with Gasteiger partial charge in [0.2, 0.25) is 5.91 Å². The largest absolute Gasteiger partial charge is 0.459 e. The van der Waals surface area contributed by atoms with E-state index < -0.39 is 5.60 Å². The predicted octanol–water partition coefficient (Wildman–Crippen LogP) is 2.37. The second-order valence-electron chi connectivity index (χ2n) is 6.26. The number of fused-ring (bicyclic) bond motifs is 5. The Balaban J connectivity index is 1.92. The number of esters is 1. The van der Waals surface area contributed by atoms with E-state index in [0.29, 0.717) is 12.8 Å². The normalized spacial score (nSPS) is 35.1. The van der Waals surface area contributed by atoms with E-state index in [4.69, 9.17) is 4.74 Å². The standard InChI is InChI=1S/C16H17NO3/c1-16-9-10-6-7-14(18)17(10)13-5-3-2-4-11(13)12(16)8-15(19)20-16/h2-5,10,12H,6-9H2,1H3/t10-,12+,16+/m1/s1. The van der Waals surface area contributed by atoms with Crippen molar-refractivity contribution in [1.82, 2.24) is 0 Å². The SMILES string of the molecule is C[C@]12C[C@H]3CCC(=O)N3c3ccccc3[C@@H]1CC(=O)O2. The zero-order chi connectivity index (χ0) is 13.9. The lowest BCUT2D eigenvalue weighted by atomic mass is 9.80. The highest BCUT2D eigenvalue weighted by atomic mass is 16.6. The number of hydrogen-bond acceptors (Lipinski definition) is 3. The highest BCUT2D eigenvalue weighted by Crippen LogP contribution is 2.51. The highest BCUT2D eigenvalue weighted by Gasteiger charge is 2.53. The summed E-state index contributed by atoms with van der Waals surface area (Å²) in [6.07, 6.45) is 2.60. The van der Waals surface area contributed by atoms with Gasteiger partial charge >= 0.3 is 5.97 Å². The molecule has 3 aliphatic rings. The Kier molecular flexibility index (Phi) is 2.29. The number of carbonyl (C=O) groups is 2. The Labute approximate surface area is 117 Å². The molecule has 0 radical (unpaired) electrons. The Bertz CT molecular complexity index is 611. The number of para-hydroxylation sites is 1. The van der Waals surface area contributed by atoms with Gasteiger partial charge in [-0.15, -0.1) is 0 Å². The van der Waals surface area contributed by atoms with Gasteiger partial charge in [0, 0.05) is 30.5 Å². The van der Waals surface area contributed by atoms with Crippen LogP contribution in [0.1, 0.15) is 44.1 Å². The summed E-state index contributed by atoms with van der Waals surface area (Å²) in [5, 5.41) is 0. The van der Waals surface area contributed by atoms with Gasteiger partial charge in [-0.2, -0.15) is 0 Å². The summed E-state index contributed by atoms with van der Waals surface area (Å²) in [7, 11) is 0. The van der Waals surface area contributed by atoms with Gasteiger partial charge in [0.05, 0.1) is 6.42 Å². The summed E-state index contributed by atoms with van der Waals surface area (Å²) in [6, 6.07) is 8.13. The molecule has 0 aromatic heterocycles. The summed E-state index contributed by atoms with van der Waals surface area (Å²) >= 11 is 0. The Morgan fingerprint density at radius 3 is 2.95 bits per heavy atom. The van der Waals surface area contributed by atoms with Crippen molar-refractivity contribution in [1.29, 1.82) is 0 Å². The fraction of sp³-hybridized carbons (Fsp3) is 0.500. The maximum atomic E-state index is 12.2. The predicted molar refractivity (Wildman–Crippen MR) is 73.4 cm³/mol. The number of nitrogens with zero attached hydrogens (tertiary/aromatic N) is 1. The minimum absolute atomic E-state index is 0.0598. The molecule has 3 atom stereocenters. The quantitative estimate of drug-likeness (QED) is 0.681. The van der Waals surface area contributed by atoms with Crippen molar-refractivity contribution in [2.45, 2.75) is 50.2 Å². The molecule has 1 amide bonds. The molecule has 0 bridgehead atoms. The van der Waals surface area contributed by atoms with Gasteiger partial charge < -0.3 is 9.64 Å². The lowest BCUT2D eigenvalue weighted by molar-refractivity contribution is -0.148. The van der Waals surface area contributed by atoms with Crippen LogP contribution >= 0.6 is 0 Å². The zero-order valence-corrected chi connectivity index (χ0v) is 11.5. The van der Waals surface area contributed by atoms with Crippen LogP contribution in [-0.2, 0) is 14.3 Å². The molecule has 4 heteroatoms. The first kappa shape index (κ1) is 11.9. The van der Waals surface area contributed by atoms with Crippen LogP contribution in [0, 0.1) is 0 Å². The van der Waals surface area contributed by atoms with E-state index in [0.717, 1.165) is 24.1 Å². The van der Waals surface area contributed by atoms with Crippen LogP contribution in [0.15, 0.2) is 24.3 Å². The van der Waals surface area contributed by atoms with Crippen LogP contribution in [0.5, 0.6) is 0 Å². The van der Waals surface area contributed by atoms with Gasteiger partial charge in [0.1, 0.15) is 5.60 Å². The number of ether oxygens (including phenoxy) is 1. The van der Waals surface area contributed by atoms with Crippen LogP contribution in [0.25, 0.3) is 0 Å².